The molecule has 0 saturated heterocycles. The van der Waals surface area contributed by atoms with Gasteiger partial charge < -0.3 is 0 Å². The van der Waals surface area contributed by atoms with E-state index in [1.165, 1.54) is 16.4 Å². The van der Waals surface area contributed by atoms with Crippen LogP contribution in [-0.2, 0) is 24.3 Å². The minimum absolute atomic E-state index is 0.246. The molecule has 9 heteroatoms. The third kappa shape index (κ3) is 7.34. The van der Waals surface area contributed by atoms with Gasteiger partial charge in [0.15, 0.2) is 0 Å². The maximum absolute atomic E-state index is 12.6. The van der Waals surface area contributed by atoms with Gasteiger partial charge in [0.2, 0.25) is 10.0 Å². The number of hydrogen-bond donors (Lipinski definition) is 0. The van der Waals surface area contributed by atoms with Crippen molar-refractivity contribution in [3.05, 3.63) is 29.3 Å². The van der Waals surface area contributed by atoms with E-state index in [4.69, 9.17) is 15.8 Å². The average Bonchev–Trinajstić information content (AvgIpc) is 2.60. The van der Waals surface area contributed by atoms with Crippen molar-refractivity contribution in [3.8, 4) is 0 Å². The lowest BCUT2D eigenvalue weighted by Gasteiger charge is -2.29. The molecule has 0 radical (unpaired) electrons. The molecule has 1 aliphatic carbocycles. The van der Waals surface area contributed by atoms with Crippen molar-refractivity contribution in [1.82, 2.24) is 4.31 Å². The second-order valence-corrected chi connectivity index (χ2v) is 11.4. The van der Waals surface area contributed by atoms with Gasteiger partial charge in [0.25, 0.3) is 10.1 Å². The van der Waals surface area contributed by atoms with E-state index in [2.05, 4.69) is 0 Å². The first-order chi connectivity index (χ1) is 12.6. The highest BCUT2D eigenvalue weighted by atomic mass is 35.5. The zero-order valence-electron chi connectivity index (χ0n) is 15.8. The summed E-state index contributed by atoms with van der Waals surface area (Å²) in [5.41, 5.74) is 0. The molecule has 1 saturated carbocycles. The Bertz CT molecular complexity index is 801. The SMILES string of the molecule is CN(CC[C@H]1CC[C@H](CCOS(C)(=O)=O)CC1)S(=O)(=O)c1ccc(Cl)cc1. The summed E-state index contributed by atoms with van der Waals surface area (Å²) in [5, 5.41) is 0.510. The van der Waals surface area contributed by atoms with Crippen LogP contribution in [0.25, 0.3) is 0 Å². The lowest BCUT2D eigenvalue weighted by molar-refractivity contribution is 0.211. The average molecular weight is 438 g/mol. The monoisotopic (exact) mass is 437 g/mol. The van der Waals surface area contributed by atoms with E-state index in [-0.39, 0.29) is 11.5 Å². The van der Waals surface area contributed by atoms with Gasteiger partial charge in [-0.05, 0) is 48.9 Å². The molecule has 0 N–H and O–H groups in total. The summed E-state index contributed by atoms with van der Waals surface area (Å²) in [6.07, 6.45) is 6.80. The molecule has 0 atom stereocenters. The van der Waals surface area contributed by atoms with Crippen molar-refractivity contribution in [2.24, 2.45) is 11.8 Å². The normalized spacial score (nSPS) is 21.5. The quantitative estimate of drug-likeness (QED) is 0.552. The van der Waals surface area contributed by atoms with Crippen LogP contribution in [0.5, 0.6) is 0 Å². The van der Waals surface area contributed by atoms with Crippen LogP contribution in [0.4, 0.5) is 0 Å². The molecule has 154 valence electrons. The second kappa shape index (κ2) is 9.69. The fourth-order valence-corrected chi connectivity index (χ4v) is 5.16. The van der Waals surface area contributed by atoms with Gasteiger partial charge in [0, 0.05) is 18.6 Å². The Hall–Kier alpha value is -0.670. The van der Waals surface area contributed by atoms with E-state index in [9.17, 15) is 16.8 Å². The molecule has 6 nitrogen and oxygen atoms in total. The van der Waals surface area contributed by atoms with Crippen molar-refractivity contribution >= 4 is 31.7 Å². The highest BCUT2D eigenvalue weighted by Crippen LogP contribution is 2.33. The molecular weight excluding hydrogens is 410 g/mol. The van der Waals surface area contributed by atoms with Crippen molar-refractivity contribution < 1.29 is 21.0 Å². The Balaban J connectivity index is 1.75. The molecule has 1 aromatic rings. The zero-order chi connectivity index (χ0) is 20.1. The molecule has 0 spiro atoms. The molecule has 1 aliphatic rings. The first-order valence-electron chi connectivity index (χ1n) is 9.14. The van der Waals surface area contributed by atoms with Gasteiger partial charge in [0.1, 0.15) is 0 Å². The Morgan fingerprint density at radius 1 is 1.00 bits per heavy atom. The van der Waals surface area contributed by atoms with Gasteiger partial charge >= 0.3 is 0 Å². The molecule has 0 aromatic heterocycles. The Morgan fingerprint density at radius 3 is 2.04 bits per heavy atom. The molecule has 0 bridgehead atoms. The topological polar surface area (TPSA) is 80.8 Å². The van der Waals surface area contributed by atoms with Crippen LogP contribution in [0.15, 0.2) is 29.2 Å². The second-order valence-electron chi connectivity index (χ2n) is 7.27. The summed E-state index contributed by atoms with van der Waals surface area (Å²) in [5.74, 6) is 0.985. The maximum Gasteiger partial charge on any atom is 0.264 e. The van der Waals surface area contributed by atoms with E-state index in [0.29, 0.717) is 23.4 Å². The Morgan fingerprint density at radius 2 is 1.52 bits per heavy atom. The molecule has 0 amide bonds. The molecule has 2 rings (SSSR count). The molecule has 1 fully saturated rings. The summed E-state index contributed by atoms with van der Waals surface area (Å²) in [6, 6.07) is 6.21. The lowest BCUT2D eigenvalue weighted by Crippen LogP contribution is -2.30. The van der Waals surface area contributed by atoms with Gasteiger partial charge in [-0.25, -0.2) is 12.7 Å². The van der Waals surface area contributed by atoms with Gasteiger partial charge in [-0.1, -0.05) is 37.3 Å². The van der Waals surface area contributed by atoms with Crippen LogP contribution < -0.4 is 0 Å². The number of benzene rings is 1. The molecule has 0 heterocycles. The fraction of sp³-hybridized carbons (Fsp3) is 0.667. The van der Waals surface area contributed by atoms with Gasteiger partial charge in [0.05, 0.1) is 17.8 Å². The summed E-state index contributed by atoms with van der Waals surface area (Å²) >= 11 is 5.82. The van der Waals surface area contributed by atoms with Crippen molar-refractivity contribution in [3.63, 3.8) is 0 Å². The van der Waals surface area contributed by atoms with E-state index in [1.54, 1.807) is 19.2 Å². The standard InChI is InChI=1S/C18H28ClNO5S2/c1-20(27(23,24)18-9-7-17(19)8-10-18)13-11-15-3-5-16(6-4-15)12-14-25-26(2,21)22/h7-10,15-16H,3-6,11-14H2,1-2H3/t15-,16-. The molecule has 27 heavy (non-hydrogen) atoms. The first-order valence-corrected chi connectivity index (χ1v) is 12.8. The highest BCUT2D eigenvalue weighted by Gasteiger charge is 2.25. The van der Waals surface area contributed by atoms with Gasteiger partial charge in [-0.2, -0.15) is 8.42 Å². The van der Waals surface area contributed by atoms with Crippen LogP contribution in [-0.4, -0.2) is 47.6 Å². The summed E-state index contributed by atoms with van der Waals surface area (Å²) in [7, 11) is -5.25. The van der Waals surface area contributed by atoms with E-state index < -0.39 is 20.1 Å². The van der Waals surface area contributed by atoms with E-state index >= 15 is 0 Å². The minimum Gasteiger partial charge on any atom is -0.270 e. The van der Waals surface area contributed by atoms with Crippen LogP contribution in [0, 0.1) is 11.8 Å². The summed E-state index contributed by atoms with van der Waals surface area (Å²) < 4.78 is 53.4. The first kappa shape index (κ1) is 22.6. The largest absolute Gasteiger partial charge is 0.270 e. The van der Waals surface area contributed by atoms with Crippen LogP contribution in [0.1, 0.15) is 38.5 Å². The highest BCUT2D eigenvalue weighted by molar-refractivity contribution is 7.89. The maximum atomic E-state index is 12.6. The lowest BCUT2D eigenvalue weighted by atomic mass is 9.79. The van der Waals surface area contributed by atoms with E-state index in [1.807, 2.05) is 0 Å². The van der Waals surface area contributed by atoms with Crippen LogP contribution in [0.2, 0.25) is 5.02 Å². The minimum atomic E-state index is -3.49. The number of halogens is 1. The smallest absolute Gasteiger partial charge is 0.264 e. The predicted octanol–water partition coefficient (Wildman–Crippen LogP) is 3.52. The van der Waals surface area contributed by atoms with Crippen molar-refractivity contribution in [2.75, 3.05) is 26.5 Å². The molecule has 0 unspecified atom stereocenters. The van der Waals surface area contributed by atoms with Gasteiger partial charge in [-0.3, -0.25) is 4.18 Å². The fourth-order valence-electron chi connectivity index (χ4n) is 3.45. The Labute approximate surface area is 168 Å². The number of sulfonamides is 1. The van der Waals surface area contributed by atoms with E-state index in [0.717, 1.165) is 44.8 Å². The third-order valence-electron chi connectivity index (χ3n) is 5.16. The molecule has 0 aliphatic heterocycles. The zero-order valence-corrected chi connectivity index (χ0v) is 18.2. The summed E-state index contributed by atoms with van der Waals surface area (Å²) in [6.45, 7) is 0.730. The van der Waals surface area contributed by atoms with Crippen LogP contribution >= 0.6 is 11.6 Å². The van der Waals surface area contributed by atoms with Crippen molar-refractivity contribution in [2.45, 2.75) is 43.4 Å². The summed E-state index contributed by atoms with van der Waals surface area (Å²) in [4.78, 5) is 0.254. The molecular formula is C18H28ClNO5S2. The number of nitrogens with zero attached hydrogens (tertiary/aromatic N) is 1. The third-order valence-corrected chi connectivity index (χ3v) is 7.88. The number of hydrogen-bond acceptors (Lipinski definition) is 5. The van der Waals surface area contributed by atoms with Crippen LogP contribution in [0.3, 0.4) is 0 Å². The molecule has 1 aromatic carbocycles. The Kier molecular flexibility index (Phi) is 8.12. The van der Waals surface area contributed by atoms with Crippen molar-refractivity contribution in [1.29, 1.82) is 0 Å². The van der Waals surface area contributed by atoms with Gasteiger partial charge in [-0.15, -0.1) is 0 Å². The predicted molar refractivity (Wildman–Crippen MR) is 107 cm³/mol. The number of rotatable bonds is 9.